The van der Waals surface area contributed by atoms with E-state index in [1.54, 1.807) is 30.3 Å². The molecule has 0 radical (unpaired) electrons. The Kier molecular flexibility index (Phi) is 2.68. The first kappa shape index (κ1) is 10.4. The van der Waals surface area contributed by atoms with E-state index in [9.17, 15) is 14.4 Å². The Balaban J connectivity index is 2.03. The Morgan fingerprint density at radius 3 is 2.50 bits per heavy atom. The number of carbonyl (C=O) groups excluding carboxylic acids is 3. The average Bonchev–Trinajstić information content (AvgIpc) is 2.59. The van der Waals surface area contributed by atoms with Crippen molar-refractivity contribution in [3.8, 4) is 0 Å². The van der Waals surface area contributed by atoms with Crippen LogP contribution in [0.1, 0.15) is 16.8 Å². The number of hydrogen-bond acceptors (Lipinski definition) is 4. The van der Waals surface area contributed by atoms with Crippen LogP contribution in [0.2, 0.25) is 0 Å². The van der Waals surface area contributed by atoms with E-state index < -0.39 is 23.9 Å². The maximum Gasteiger partial charge on any atom is 0.336 e. The van der Waals surface area contributed by atoms with Crippen LogP contribution in [-0.4, -0.2) is 23.9 Å². The highest BCUT2D eigenvalue weighted by Gasteiger charge is 2.34. The molecule has 5 heteroatoms. The van der Waals surface area contributed by atoms with E-state index in [4.69, 9.17) is 0 Å². The van der Waals surface area contributed by atoms with Crippen molar-refractivity contribution in [2.24, 2.45) is 0 Å². The van der Waals surface area contributed by atoms with Gasteiger partial charge < -0.3 is 10.1 Å². The quantitative estimate of drug-likeness (QED) is 0.572. The minimum absolute atomic E-state index is 0.0998. The number of benzene rings is 1. The van der Waals surface area contributed by atoms with Crippen LogP contribution in [0.4, 0.5) is 0 Å². The van der Waals surface area contributed by atoms with E-state index in [-0.39, 0.29) is 6.42 Å². The lowest BCUT2D eigenvalue weighted by atomic mass is 10.2. The van der Waals surface area contributed by atoms with E-state index in [1.165, 1.54) is 0 Å². The molecule has 0 saturated carbocycles. The third kappa shape index (κ3) is 2.08. The van der Waals surface area contributed by atoms with Gasteiger partial charge in [-0.05, 0) is 12.1 Å². The highest BCUT2D eigenvalue weighted by atomic mass is 16.6. The fourth-order valence-corrected chi connectivity index (χ4v) is 1.42. The van der Waals surface area contributed by atoms with E-state index in [0.29, 0.717) is 5.56 Å². The average molecular weight is 219 g/mol. The fraction of sp³-hybridized carbons (Fsp3) is 0.182. The first-order valence-electron chi connectivity index (χ1n) is 4.77. The second kappa shape index (κ2) is 4.14. The second-order valence-corrected chi connectivity index (χ2v) is 3.39. The number of ether oxygens (including phenoxy) is 1. The zero-order valence-electron chi connectivity index (χ0n) is 8.30. The minimum atomic E-state index is -0.861. The van der Waals surface area contributed by atoms with Crippen molar-refractivity contribution in [3.05, 3.63) is 35.9 Å². The van der Waals surface area contributed by atoms with Crippen LogP contribution in [0.15, 0.2) is 30.3 Å². The summed E-state index contributed by atoms with van der Waals surface area (Å²) in [5.74, 6) is -1.70. The van der Waals surface area contributed by atoms with Crippen LogP contribution in [0.3, 0.4) is 0 Å². The van der Waals surface area contributed by atoms with E-state index in [2.05, 4.69) is 10.1 Å². The Labute approximate surface area is 91.4 Å². The zero-order valence-corrected chi connectivity index (χ0v) is 8.30. The maximum atomic E-state index is 11.6. The van der Waals surface area contributed by atoms with Gasteiger partial charge in [-0.2, -0.15) is 0 Å². The third-order valence-corrected chi connectivity index (χ3v) is 2.21. The van der Waals surface area contributed by atoms with Gasteiger partial charge in [0.15, 0.2) is 0 Å². The standard InChI is InChI=1S/C11H9NO4/c13-9-6-8(11(15)16-9)12-10(14)7-4-2-1-3-5-7/h1-5,8H,6H2,(H,12,14). The number of nitrogens with one attached hydrogen (secondary N) is 1. The Hall–Kier alpha value is -2.17. The first-order valence-corrected chi connectivity index (χ1v) is 4.77. The van der Waals surface area contributed by atoms with Gasteiger partial charge in [-0.25, -0.2) is 4.79 Å². The van der Waals surface area contributed by atoms with Gasteiger partial charge in [0, 0.05) is 5.56 Å². The summed E-state index contributed by atoms with van der Waals surface area (Å²) in [5.41, 5.74) is 0.439. The maximum absolute atomic E-state index is 11.6. The predicted molar refractivity (Wildman–Crippen MR) is 53.4 cm³/mol. The van der Waals surface area contributed by atoms with Gasteiger partial charge in [0.25, 0.3) is 5.91 Å². The normalized spacial score (nSPS) is 19.4. The molecule has 0 bridgehead atoms. The summed E-state index contributed by atoms with van der Waals surface area (Å²) < 4.78 is 4.32. The molecule has 1 N–H and O–H groups in total. The van der Waals surface area contributed by atoms with Crippen molar-refractivity contribution in [2.45, 2.75) is 12.5 Å². The first-order chi connectivity index (χ1) is 7.66. The zero-order chi connectivity index (χ0) is 11.5. The number of esters is 2. The number of carbonyl (C=O) groups is 3. The van der Waals surface area contributed by atoms with Gasteiger partial charge in [-0.3, -0.25) is 9.59 Å². The fourth-order valence-electron chi connectivity index (χ4n) is 1.42. The molecule has 1 atom stereocenters. The topological polar surface area (TPSA) is 72.5 Å². The molecule has 1 aromatic carbocycles. The molecule has 1 aromatic rings. The molecule has 1 saturated heterocycles. The SMILES string of the molecule is O=C1CC(NC(=O)c2ccccc2)C(=O)O1. The van der Waals surface area contributed by atoms with Crippen molar-refractivity contribution >= 4 is 17.8 Å². The van der Waals surface area contributed by atoms with Gasteiger partial charge in [0.05, 0.1) is 6.42 Å². The molecule has 1 unspecified atom stereocenters. The molecule has 5 nitrogen and oxygen atoms in total. The third-order valence-electron chi connectivity index (χ3n) is 2.21. The Morgan fingerprint density at radius 2 is 1.94 bits per heavy atom. The summed E-state index contributed by atoms with van der Waals surface area (Å²) in [7, 11) is 0. The molecule has 1 aliphatic rings. The Morgan fingerprint density at radius 1 is 1.25 bits per heavy atom. The van der Waals surface area contributed by atoms with Crippen LogP contribution in [-0.2, 0) is 14.3 Å². The van der Waals surface area contributed by atoms with Gasteiger partial charge in [-0.1, -0.05) is 18.2 Å². The lowest BCUT2D eigenvalue weighted by Gasteiger charge is -2.07. The molecule has 0 aliphatic carbocycles. The van der Waals surface area contributed by atoms with Crippen LogP contribution < -0.4 is 5.32 Å². The lowest BCUT2D eigenvalue weighted by Crippen LogP contribution is -2.37. The van der Waals surface area contributed by atoms with Crippen molar-refractivity contribution in [2.75, 3.05) is 0 Å². The minimum Gasteiger partial charge on any atom is -0.392 e. The van der Waals surface area contributed by atoms with E-state index in [1.807, 2.05) is 0 Å². The lowest BCUT2D eigenvalue weighted by molar-refractivity contribution is -0.152. The second-order valence-electron chi connectivity index (χ2n) is 3.39. The van der Waals surface area contributed by atoms with Crippen LogP contribution >= 0.6 is 0 Å². The summed E-state index contributed by atoms with van der Waals surface area (Å²) in [6, 6.07) is 7.60. The Bertz CT molecular complexity index is 441. The van der Waals surface area contributed by atoms with Crippen molar-refractivity contribution in [1.29, 1.82) is 0 Å². The predicted octanol–water partition coefficient (Wildman–Crippen LogP) is 0.258. The summed E-state index contributed by atoms with van der Waals surface area (Å²) >= 11 is 0. The van der Waals surface area contributed by atoms with Crippen LogP contribution in [0, 0.1) is 0 Å². The molecule has 1 heterocycles. The van der Waals surface area contributed by atoms with Crippen LogP contribution in [0.25, 0.3) is 0 Å². The van der Waals surface area contributed by atoms with E-state index in [0.717, 1.165) is 0 Å². The number of rotatable bonds is 2. The van der Waals surface area contributed by atoms with Crippen molar-refractivity contribution < 1.29 is 19.1 Å². The van der Waals surface area contributed by atoms with Gasteiger partial charge in [0.2, 0.25) is 0 Å². The number of cyclic esters (lactones) is 2. The smallest absolute Gasteiger partial charge is 0.336 e. The molecule has 1 amide bonds. The molecule has 2 rings (SSSR count). The molecule has 0 aromatic heterocycles. The van der Waals surface area contributed by atoms with Gasteiger partial charge in [0.1, 0.15) is 6.04 Å². The number of amides is 1. The van der Waals surface area contributed by atoms with Crippen LogP contribution in [0.5, 0.6) is 0 Å². The molecule has 1 fully saturated rings. The molecular weight excluding hydrogens is 210 g/mol. The highest BCUT2D eigenvalue weighted by Crippen LogP contribution is 2.09. The summed E-state index contributed by atoms with van der Waals surface area (Å²) in [6.07, 6.45) is -0.0998. The largest absolute Gasteiger partial charge is 0.392 e. The number of hydrogen-bond donors (Lipinski definition) is 1. The highest BCUT2D eigenvalue weighted by molar-refractivity contribution is 6.02. The molecule has 82 valence electrons. The summed E-state index contributed by atoms with van der Waals surface area (Å²) in [5, 5.41) is 2.44. The molecule has 1 aliphatic heterocycles. The summed E-state index contributed by atoms with van der Waals surface area (Å²) in [4.78, 5) is 33.5. The summed E-state index contributed by atoms with van der Waals surface area (Å²) in [6.45, 7) is 0. The van der Waals surface area contributed by atoms with Crippen molar-refractivity contribution in [3.63, 3.8) is 0 Å². The monoisotopic (exact) mass is 219 g/mol. The molecule has 16 heavy (non-hydrogen) atoms. The van der Waals surface area contributed by atoms with E-state index >= 15 is 0 Å². The van der Waals surface area contributed by atoms with Gasteiger partial charge >= 0.3 is 11.9 Å². The molecule has 0 spiro atoms. The van der Waals surface area contributed by atoms with Gasteiger partial charge in [-0.15, -0.1) is 0 Å². The van der Waals surface area contributed by atoms with Crippen molar-refractivity contribution in [1.82, 2.24) is 5.32 Å². The molecular formula is C11H9NO4.